The van der Waals surface area contributed by atoms with Crippen molar-refractivity contribution in [3.8, 4) is 0 Å². The fourth-order valence-electron chi connectivity index (χ4n) is 2.19. The summed E-state index contributed by atoms with van der Waals surface area (Å²) in [5.41, 5.74) is -0.335. The van der Waals surface area contributed by atoms with Gasteiger partial charge < -0.3 is 4.74 Å². The minimum absolute atomic E-state index is 0.0112. The van der Waals surface area contributed by atoms with Crippen LogP contribution in [0.15, 0.2) is 0 Å². The van der Waals surface area contributed by atoms with Crippen LogP contribution in [0.5, 0.6) is 0 Å². The second-order valence-corrected chi connectivity index (χ2v) is 5.66. The minimum atomic E-state index is -0.335. The van der Waals surface area contributed by atoms with Crippen molar-refractivity contribution in [3.63, 3.8) is 0 Å². The van der Waals surface area contributed by atoms with Crippen molar-refractivity contribution in [2.45, 2.75) is 65.4 Å². The summed E-state index contributed by atoms with van der Waals surface area (Å²) >= 11 is 0. The molecule has 0 aromatic heterocycles. The molecule has 0 aromatic rings. The monoisotopic (exact) mass is 212 g/mol. The van der Waals surface area contributed by atoms with Crippen LogP contribution in [-0.2, 0) is 9.53 Å². The first-order valence-electron chi connectivity index (χ1n) is 6.15. The van der Waals surface area contributed by atoms with Crippen molar-refractivity contribution in [1.82, 2.24) is 0 Å². The summed E-state index contributed by atoms with van der Waals surface area (Å²) in [6.07, 6.45) is 5.68. The zero-order chi connectivity index (χ0) is 11.5. The molecule has 2 heteroatoms. The molecule has 0 aromatic carbocycles. The maximum atomic E-state index is 11.8. The molecule has 1 aliphatic carbocycles. The molecule has 1 rings (SSSR count). The quantitative estimate of drug-likeness (QED) is 0.654. The van der Waals surface area contributed by atoms with Crippen LogP contribution in [0, 0.1) is 11.8 Å². The Balaban J connectivity index is 2.37. The van der Waals surface area contributed by atoms with Gasteiger partial charge in [-0.15, -0.1) is 0 Å². The Labute approximate surface area is 93.4 Å². The average molecular weight is 212 g/mol. The number of carbonyl (C=O) groups excluding carboxylic acids is 1. The highest BCUT2D eigenvalue weighted by Crippen LogP contribution is 2.31. The molecule has 1 fully saturated rings. The first-order valence-corrected chi connectivity index (χ1v) is 6.15. The highest BCUT2D eigenvalue weighted by atomic mass is 16.6. The molecule has 88 valence electrons. The Morgan fingerprint density at radius 3 is 2.13 bits per heavy atom. The van der Waals surface area contributed by atoms with Crippen LogP contribution in [0.4, 0.5) is 0 Å². The van der Waals surface area contributed by atoms with Crippen molar-refractivity contribution in [3.05, 3.63) is 0 Å². The smallest absolute Gasteiger partial charge is 0.309 e. The van der Waals surface area contributed by atoms with E-state index in [0.717, 1.165) is 18.8 Å². The van der Waals surface area contributed by atoms with Crippen LogP contribution in [0.2, 0.25) is 0 Å². The van der Waals surface area contributed by atoms with E-state index in [1.807, 2.05) is 20.8 Å². The third-order valence-corrected chi connectivity index (χ3v) is 3.16. The van der Waals surface area contributed by atoms with Gasteiger partial charge in [-0.25, -0.2) is 0 Å². The number of ether oxygens (including phenoxy) is 1. The summed E-state index contributed by atoms with van der Waals surface area (Å²) in [4.78, 5) is 11.8. The van der Waals surface area contributed by atoms with Gasteiger partial charge in [0.1, 0.15) is 5.60 Å². The topological polar surface area (TPSA) is 26.3 Å². The van der Waals surface area contributed by atoms with Gasteiger partial charge in [-0.1, -0.05) is 13.3 Å². The van der Waals surface area contributed by atoms with Crippen LogP contribution in [-0.4, -0.2) is 11.6 Å². The largest absolute Gasteiger partial charge is 0.460 e. The summed E-state index contributed by atoms with van der Waals surface area (Å²) in [7, 11) is 0. The molecule has 0 saturated heterocycles. The molecule has 15 heavy (non-hydrogen) atoms. The molecule has 0 N–H and O–H groups in total. The fraction of sp³-hybridized carbons (Fsp3) is 0.923. The van der Waals surface area contributed by atoms with E-state index >= 15 is 0 Å². The average Bonchev–Trinajstić information content (AvgIpc) is 2.15. The number of esters is 1. The van der Waals surface area contributed by atoms with Crippen molar-refractivity contribution < 1.29 is 9.53 Å². The van der Waals surface area contributed by atoms with Crippen LogP contribution >= 0.6 is 0 Å². The van der Waals surface area contributed by atoms with Gasteiger partial charge in [0.2, 0.25) is 0 Å². The van der Waals surface area contributed by atoms with Gasteiger partial charge in [0.05, 0.1) is 5.92 Å². The molecule has 0 bridgehead atoms. The summed E-state index contributed by atoms with van der Waals surface area (Å²) in [5.74, 6) is 1.01. The molecular weight excluding hydrogens is 188 g/mol. The third-order valence-electron chi connectivity index (χ3n) is 3.16. The lowest BCUT2D eigenvalue weighted by Gasteiger charge is -2.29. The van der Waals surface area contributed by atoms with Gasteiger partial charge in [0.25, 0.3) is 0 Å². The highest BCUT2D eigenvalue weighted by Gasteiger charge is 2.29. The predicted molar refractivity (Wildman–Crippen MR) is 61.6 cm³/mol. The van der Waals surface area contributed by atoms with Gasteiger partial charge in [0.15, 0.2) is 0 Å². The van der Waals surface area contributed by atoms with E-state index < -0.39 is 0 Å². The molecular formula is C13H24O2. The van der Waals surface area contributed by atoms with Crippen LogP contribution in [0.25, 0.3) is 0 Å². The van der Waals surface area contributed by atoms with E-state index in [0.29, 0.717) is 0 Å². The van der Waals surface area contributed by atoms with Gasteiger partial charge in [0, 0.05) is 0 Å². The number of hydrogen-bond donors (Lipinski definition) is 0. The van der Waals surface area contributed by atoms with E-state index in [4.69, 9.17) is 4.74 Å². The normalized spacial score (nSPS) is 27.5. The highest BCUT2D eigenvalue weighted by molar-refractivity contribution is 5.72. The summed E-state index contributed by atoms with van der Waals surface area (Å²) in [6, 6.07) is 0. The summed E-state index contributed by atoms with van der Waals surface area (Å²) in [6.45, 7) is 8.03. The lowest BCUT2D eigenvalue weighted by Crippen LogP contribution is -2.30. The maximum absolute atomic E-state index is 11.8. The zero-order valence-corrected chi connectivity index (χ0v) is 10.5. The minimum Gasteiger partial charge on any atom is -0.460 e. The lowest BCUT2D eigenvalue weighted by molar-refractivity contribution is -0.161. The molecule has 0 spiro atoms. The predicted octanol–water partition coefficient (Wildman–Crippen LogP) is 3.54. The van der Waals surface area contributed by atoms with Gasteiger partial charge in [-0.2, -0.15) is 0 Å². The third kappa shape index (κ3) is 4.23. The second-order valence-electron chi connectivity index (χ2n) is 5.66. The standard InChI is InChI=1S/C13H24O2/c1-5-10-6-8-11(9-7-10)12(14)15-13(2,3)4/h10-11H,5-9H2,1-4H3. The zero-order valence-electron chi connectivity index (χ0n) is 10.5. The van der Waals surface area contributed by atoms with E-state index in [9.17, 15) is 4.79 Å². The first kappa shape index (κ1) is 12.5. The Bertz CT molecular complexity index is 207. The SMILES string of the molecule is CCC1CCC(C(=O)OC(C)(C)C)CC1. The molecule has 0 radical (unpaired) electrons. The molecule has 2 nitrogen and oxygen atoms in total. The lowest BCUT2D eigenvalue weighted by atomic mass is 9.81. The molecule has 0 atom stereocenters. The van der Waals surface area contributed by atoms with Crippen LogP contribution in [0.3, 0.4) is 0 Å². The Hall–Kier alpha value is -0.530. The number of rotatable bonds is 2. The Kier molecular flexibility index (Phi) is 4.18. The molecule has 0 heterocycles. The fourth-order valence-corrected chi connectivity index (χ4v) is 2.19. The van der Waals surface area contributed by atoms with Crippen molar-refractivity contribution >= 4 is 5.97 Å². The van der Waals surface area contributed by atoms with Gasteiger partial charge >= 0.3 is 5.97 Å². The number of carbonyl (C=O) groups is 1. The molecule has 0 aliphatic heterocycles. The van der Waals surface area contributed by atoms with Crippen LogP contribution < -0.4 is 0 Å². The molecule has 1 aliphatic rings. The first-order chi connectivity index (χ1) is 6.92. The van der Waals surface area contributed by atoms with E-state index in [1.54, 1.807) is 0 Å². The van der Waals surface area contributed by atoms with Crippen molar-refractivity contribution in [1.29, 1.82) is 0 Å². The summed E-state index contributed by atoms with van der Waals surface area (Å²) in [5, 5.41) is 0. The second kappa shape index (κ2) is 5.00. The van der Waals surface area contributed by atoms with Gasteiger partial charge in [-0.05, 0) is 52.4 Å². The molecule has 1 saturated carbocycles. The maximum Gasteiger partial charge on any atom is 0.309 e. The van der Waals surface area contributed by atoms with Crippen molar-refractivity contribution in [2.75, 3.05) is 0 Å². The molecule has 0 unspecified atom stereocenters. The summed E-state index contributed by atoms with van der Waals surface area (Å²) < 4.78 is 5.41. The Morgan fingerprint density at radius 1 is 1.20 bits per heavy atom. The van der Waals surface area contributed by atoms with Crippen molar-refractivity contribution in [2.24, 2.45) is 11.8 Å². The van der Waals surface area contributed by atoms with E-state index in [1.165, 1.54) is 19.3 Å². The van der Waals surface area contributed by atoms with E-state index in [-0.39, 0.29) is 17.5 Å². The number of hydrogen-bond acceptors (Lipinski definition) is 2. The van der Waals surface area contributed by atoms with E-state index in [2.05, 4.69) is 6.92 Å². The molecule has 0 amide bonds. The van der Waals surface area contributed by atoms with Gasteiger partial charge in [-0.3, -0.25) is 4.79 Å². The Morgan fingerprint density at radius 2 is 1.73 bits per heavy atom. The van der Waals surface area contributed by atoms with Crippen LogP contribution in [0.1, 0.15) is 59.8 Å².